The van der Waals surface area contributed by atoms with Crippen LogP contribution in [-0.2, 0) is 0 Å². The van der Waals surface area contributed by atoms with Gasteiger partial charge < -0.3 is 9.15 Å². The van der Waals surface area contributed by atoms with E-state index in [1.807, 2.05) is 19.1 Å². The van der Waals surface area contributed by atoms with Crippen LogP contribution < -0.4 is 10.4 Å². The van der Waals surface area contributed by atoms with Gasteiger partial charge in [-0.25, -0.2) is 4.79 Å². The number of rotatable bonds is 9. The zero-order chi connectivity index (χ0) is 21.9. The van der Waals surface area contributed by atoms with Gasteiger partial charge in [0.25, 0.3) is 0 Å². The second kappa shape index (κ2) is 8.81. The minimum Gasteiger partial charge on any atom is -0.489 e. The fraction of sp³-hybridized carbons (Fsp3) is 0.560. The number of aryl methyl sites for hydroxylation is 1. The van der Waals surface area contributed by atoms with Crippen molar-refractivity contribution in [1.29, 1.82) is 0 Å². The van der Waals surface area contributed by atoms with E-state index in [-0.39, 0.29) is 11.0 Å². The Kier molecular flexibility index (Phi) is 7.08. The highest BCUT2D eigenvalue weighted by molar-refractivity contribution is 6.14. The topological polar surface area (TPSA) is 39.4 Å². The Morgan fingerprint density at radius 3 is 2.34 bits per heavy atom. The summed E-state index contributed by atoms with van der Waals surface area (Å²) in [5.41, 5.74) is 1.72. The molecule has 0 radical (unpaired) electrons. The first-order chi connectivity index (χ1) is 13.3. The van der Waals surface area contributed by atoms with Crippen LogP contribution in [-0.4, -0.2) is 14.5 Å². The van der Waals surface area contributed by atoms with Gasteiger partial charge in [0.2, 0.25) is 0 Å². The summed E-state index contributed by atoms with van der Waals surface area (Å²) in [6.45, 7) is 16.5. The van der Waals surface area contributed by atoms with E-state index in [0.29, 0.717) is 28.7 Å². The molecule has 4 heteroatoms. The first kappa shape index (κ1) is 23.3. The summed E-state index contributed by atoms with van der Waals surface area (Å²) in [7, 11) is 2.32. The summed E-state index contributed by atoms with van der Waals surface area (Å²) in [6.07, 6.45) is 7.72. The predicted molar refractivity (Wildman–Crippen MR) is 126 cm³/mol. The van der Waals surface area contributed by atoms with Crippen molar-refractivity contribution in [2.24, 2.45) is 10.8 Å². The van der Waals surface area contributed by atoms with Gasteiger partial charge in [-0.05, 0) is 48.3 Å². The molecular formula is C25H37BO3. The number of allylic oxidation sites excluding steroid dienone is 1. The first-order valence-electron chi connectivity index (χ1n) is 10.6. The largest absolute Gasteiger partial charge is 0.489 e. The van der Waals surface area contributed by atoms with Crippen LogP contribution in [0.4, 0.5) is 0 Å². The van der Waals surface area contributed by atoms with Gasteiger partial charge in [-0.2, -0.15) is 0 Å². The van der Waals surface area contributed by atoms with E-state index in [9.17, 15) is 4.79 Å². The molecule has 158 valence electrons. The van der Waals surface area contributed by atoms with Gasteiger partial charge in [0.15, 0.2) is 0 Å². The lowest BCUT2D eigenvalue weighted by Gasteiger charge is -2.38. The van der Waals surface area contributed by atoms with E-state index in [4.69, 9.17) is 9.15 Å². The van der Waals surface area contributed by atoms with Crippen molar-refractivity contribution in [3.63, 3.8) is 0 Å². The molecule has 1 heterocycles. The van der Waals surface area contributed by atoms with Gasteiger partial charge in [0, 0.05) is 17.5 Å². The molecule has 2 rings (SSSR count). The maximum atomic E-state index is 11.6. The fourth-order valence-electron chi connectivity index (χ4n) is 4.88. The van der Waals surface area contributed by atoms with Crippen LogP contribution in [0.15, 0.2) is 45.6 Å². The Hall–Kier alpha value is -1.97. The zero-order valence-electron chi connectivity index (χ0n) is 19.5. The average molecular weight is 396 g/mol. The number of benzene rings is 1. The molecule has 0 saturated carbocycles. The van der Waals surface area contributed by atoms with E-state index in [1.165, 1.54) is 18.9 Å². The standard InChI is InChI=1S/C25H37BO3/c1-18-14-22(27)29-21-15-19(10-11-20(18)21)28-13-9-8-12-23(2,3)16-24(4,5)17-25(6,7)26/h8-11,14-15H,12-13,16-17,26H2,1-7H3/b9-8+. The molecule has 0 atom stereocenters. The van der Waals surface area contributed by atoms with Crippen molar-refractivity contribution in [1.82, 2.24) is 0 Å². The summed E-state index contributed by atoms with van der Waals surface area (Å²) >= 11 is 0. The molecule has 0 spiro atoms. The molecule has 0 bridgehead atoms. The monoisotopic (exact) mass is 396 g/mol. The Labute approximate surface area is 176 Å². The van der Waals surface area contributed by atoms with Crippen LogP contribution in [0.1, 0.15) is 66.4 Å². The fourth-order valence-corrected chi connectivity index (χ4v) is 4.88. The molecule has 0 amide bonds. The number of fused-ring (bicyclic) bond motifs is 1. The Morgan fingerprint density at radius 2 is 1.69 bits per heavy atom. The third-order valence-electron chi connectivity index (χ3n) is 5.07. The van der Waals surface area contributed by atoms with Gasteiger partial charge in [-0.15, -0.1) is 0 Å². The predicted octanol–water partition coefficient (Wildman–Crippen LogP) is 6.09. The summed E-state index contributed by atoms with van der Waals surface area (Å²) < 4.78 is 11.1. The molecular weight excluding hydrogens is 359 g/mol. The summed E-state index contributed by atoms with van der Waals surface area (Å²) in [4.78, 5) is 11.6. The molecule has 0 aliphatic carbocycles. The molecule has 0 aliphatic rings. The lowest BCUT2D eigenvalue weighted by Crippen LogP contribution is -2.26. The van der Waals surface area contributed by atoms with E-state index >= 15 is 0 Å². The highest BCUT2D eigenvalue weighted by Crippen LogP contribution is 2.44. The second-order valence-corrected chi connectivity index (χ2v) is 11.1. The smallest absolute Gasteiger partial charge is 0.336 e. The summed E-state index contributed by atoms with van der Waals surface area (Å²) in [6, 6.07) is 7.15. The molecule has 1 aromatic heterocycles. The quantitative estimate of drug-likeness (QED) is 0.292. The molecule has 2 aromatic rings. The highest BCUT2D eigenvalue weighted by Gasteiger charge is 2.31. The Bertz CT molecular complexity index is 914. The van der Waals surface area contributed by atoms with Gasteiger partial charge in [0.05, 0.1) is 0 Å². The maximum Gasteiger partial charge on any atom is 0.336 e. The van der Waals surface area contributed by atoms with Crippen LogP contribution in [0.5, 0.6) is 5.75 Å². The van der Waals surface area contributed by atoms with Crippen LogP contribution >= 0.6 is 0 Å². The molecule has 0 fully saturated rings. The van der Waals surface area contributed by atoms with E-state index in [0.717, 1.165) is 17.4 Å². The minimum atomic E-state index is -0.330. The minimum absolute atomic E-state index is 0.245. The Balaban J connectivity index is 1.90. The molecule has 0 N–H and O–H groups in total. The summed E-state index contributed by atoms with van der Waals surface area (Å²) in [5, 5.41) is 1.29. The van der Waals surface area contributed by atoms with Crippen molar-refractivity contribution >= 4 is 18.8 Å². The maximum absolute atomic E-state index is 11.6. The Morgan fingerprint density at radius 1 is 1.00 bits per heavy atom. The van der Waals surface area contributed by atoms with E-state index < -0.39 is 0 Å². The summed E-state index contributed by atoms with van der Waals surface area (Å²) in [5.74, 6) is 0.710. The molecule has 1 aromatic carbocycles. The number of hydrogen-bond acceptors (Lipinski definition) is 3. The van der Waals surface area contributed by atoms with Crippen LogP contribution in [0.2, 0.25) is 5.31 Å². The average Bonchev–Trinajstić information content (AvgIpc) is 2.50. The molecule has 29 heavy (non-hydrogen) atoms. The van der Waals surface area contributed by atoms with Crippen LogP contribution in [0.3, 0.4) is 0 Å². The van der Waals surface area contributed by atoms with Crippen molar-refractivity contribution < 1.29 is 9.15 Å². The molecule has 0 unspecified atom stereocenters. The number of ether oxygens (including phenoxy) is 1. The van der Waals surface area contributed by atoms with Crippen LogP contribution in [0, 0.1) is 17.8 Å². The van der Waals surface area contributed by atoms with Gasteiger partial charge in [0.1, 0.15) is 25.8 Å². The lowest BCUT2D eigenvalue weighted by molar-refractivity contribution is 0.170. The zero-order valence-corrected chi connectivity index (χ0v) is 19.5. The van der Waals surface area contributed by atoms with Gasteiger partial charge in [-0.3, -0.25) is 0 Å². The van der Waals surface area contributed by atoms with Crippen molar-refractivity contribution in [2.45, 2.75) is 73.0 Å². The lowest BCUT2D eigenvalue weighted by atomic mass is 9.60. The molecule has 3 nitrogen and oxygen atoms in total. The van der Waals surface area contributed by atoms with Gasteiger partial charge >= 0.3 is 5.63 Å². The van der Waals surface area contributed by atoms with Crippen molar-refractivity contribution in [2.75, 3.05) is 6.61 Å². The normalized spacial score (nSPS) is 13.3. The van der Waals surface area contributed by atoms with E-state index in [1.54, 1.807) is 6.07 Å². The number of hydrogen-bond donors (Lipinski definition) is 0. The van der Waals surface area contributed by atoms with Crippen molar-refractivity contribution in [3.8, 4) is 5.75 Å². The molecule has 0 saturated heterocycles. The van der Waals surface area contributed by atoms with Crippen LogP contribution in [0.25, 0.3) is 11.0 Å². The second-order valence-electron chi connectivity index (χ2n) is 11.1. The molecule has 0 aliphatic heterocycles. The van der Waals surface area contributed by atoms with E-state index in [2.05, 4.69) is 61.5 Å². The van der Waals surface area contributed by atoms with Gasteiger partial charge in [-0.1, -0.05) is 65.4 Å². The van der Waals surface area contributed by atoms with Crippen molar-refractivity contribution in [3.05, 3.63) is 52.4 Å². The first-order valence-corrected chi connectivity index (χ1v) is 10.6. The SMILES string of the molecule is BC(C)(C)CC(C)(C)CC(C)(C)C/C=C/COc1ccc2c(C)cc(=O)oc2c1. The third kappa shape index (κ3) is 7.76. The third-order valence-corrected chi connectivity index (χ3v) is 5.07. The highest BCUT2D eigenvalue weighted by atomic mass is 16.5.